The standard InChI is InChI=1S/C17H18N2O4S/c1-12-4-6-13(7-5-12)19-15(20)11-23-16(21)8-9-18-17(22)14-3-2-10-24-14/h2-7,10H,8-9,11H2,1H3,(H,18,22)(H,19,20). The molecule has 0 atom stereocenters. The Labute approximate surface area is 143 Å². The topological polar surface area (TPSA) is 84.5 Å². The lowest BCUT2D eigenvalue weighted by atomic mass is 10.2. The Kier molecular flexibility index (Phi) is 6.51. The third-order valence-electron chi connectivity index (χ3n) is 3.06. The number of aryl methyl sites for hydroxylation is 1. The maximum absolute atomic E-state index is 11.7. The van der Waals surface area contributed by atoms with Crippen molar-refractivity contribution < 1.29 is 19.1 Å². The molecule has 0 radical (unpaired) electrons. The molecule has 1 aromatic carbocycles. The molecule has 0 unspecified atom stereocenters. The highest BCUT2D eigenvalue weighted by Gasteiger charge is 2.10. The van der Waals surface area contributed by atoms with Crippen molar-refractivity contribution >= 4 is 34.8 Å². The number of rotatable bonds is 7. The van der Waals surface area contributed by atoms with Gasteiger partial charge < -0.3 is 15.4 Å². The number of thiophene rings is 1. The van der Waals surface area contributed by atoms with Crippen molar-refractivity contribution in [3.8, 4) is 0 Å². The SMILES string of the molecule is Cc1ccc(NC(=O)COC(=O)CCNC(=O)c2cccs2)cc1. The highest BCUT2D eigenvalue weighted by Crippen LogP contribution is 2.08. The van der Waals surface area contributed by atoms with Crippen LogP contribution in [-0.4, -0.2) is 30.9 Å². The molecule has 0 spiro atoms. The number of anilines is 1. The van der Waals surface area contributed by atoms with E-state index in [4.69, 9.17) is 4.74 Å². The quantitative estimate of drug-likeness (QED) is 0.754. The molecule has 2 aromatic rings. The zero-order valence-corrected chi connectivity index (χ0v) is 14.0. The minimum Gasteiger partial charge on any atom is -0.456 e. The van der Waals surface area contributed by atoms with Crippen LogP contribution in [0.3, 0.4) is 0 Å². The fourth-order valence-corrected chi connectivity index (χ4v) is 2.47. The largest absolute Gasteiger partial charge is 0.456 e. The summed E-state index contributed by atoms with van der Waals surface area (Å²) in [5.41, 5.74) is 1.73. The van der Waals surface area contributed by atoms with Gasteiger partial charge in [0, 0.05) is 12.2 Å². The van der Waals surface area contributed by atoms with E-state index in [2.05, 4.69) is 10.6 Å². The second-order valence-electron chi connectivity index (χ2n) is 5.06. The second kappa shape index (κ2) is 8.83. The molecule has 2 N–H and O–H groups in total. The number of esters is 1. The van der Waals surface area contributed by atoms with E-state index in [1.807, 2.05) is 19.1 Å². The first-order valence-electron chi connectivity index (χ1n) is 7.38. The predicted molar refractivity (Wildman–Crippen MR) is 92.0 cm³/mol. The lowest BCUT2D eigenvalue weighted by Gasteiger charge is -2.07. The highest BCUT2D eigenvalue weighted by molar-refractivity contribution is 7.12. The molecule has 7 heteroatoms. The Balaban J connectivity index is 1.63. The number of carbonyl (C=O) groups is 3. The van der Waals surface area contributed by atoms with E-state index in [0.29, 0.717) is 10.6 Å². The van der Waals surface area contributed by atoms with Crippen LogP contribution in [0.2, 0.25) is 0 Å². The molecule has 126 valence electrons. The van der Waals surface area contributed by atoms with Crippen LogP contribution < -0.4 is 10.6 Å². The number of nitrogens with one attached hydrogen (secondary N) is 2. The van der Waals surface area contributed by atoms with E-state index in [1.165, 1.54) is 11.3 Å². The Bertz CT molecular complexity index is 696. The molecule has 0 fully saturated rings. The van der Waals surface area contributed by atoms with Crippen molar-refractivity contribution in [3.63, 3.8) is 0 Å². The average Bonchev–Trinajstić information content (AvgIpc) is 3.10. The summed E-state index contributed by atoms with van der Waals surface area (Å²) < 4.78 is 4.87. The zero-order chi connectivity index (χ0) is 17.4. The molecule has 1 aromatic heterocycles. The summed E-state index contributed by atoms with van der Waals surface area (Å²) in [6.45, 7) is 1.76. The molecule has 0 bridgehead atoms. The number of ether oxygens (including phenoxy) is 1. The molecular weight excluding hydrogens is 328 g/mol. The van der Waals surface area contributed by atoms with E-state index in [-0.39, 0.29) is 25.5 Å². The highest BCUT2D eigenvalue weighted by atomic mass is 32.1. The molecule has 0 aliphatic heterocycles. The fourth-order valence-electron chi connectivity index (χ4n) is 1.83. The number of hydrogen-bond acceptors (Lipinski definition) is 5. The van der Waals surface area contributed by atoms with Gasteiger partial charge in [-0.1, -0.05) is 23.8 Å². The summed E-state index contributed by atoms with van der Waals surface area (Å²) >= 11 is 1.32. The molecular formula is C17H18N2O4S. The van der Waals surface area contributed by atoms with E-state index < -0.39 is 11.9 Å². The summed E-state index contributed by atoms with van der Waals surface area (Å²) in [7, 11) is 0. The van der Waals surface area contributed by atoms with Crippen LogP contribution in [0.5, 0.6) is 0 Å². The smallest absolute Gasteiger partial charge is 0.308 e. The Hall–Kier alpha value is -2.67. The van der Waals surface area contributed by atoms with Crippen LogP contribution in [0.4, 0.5) is 5.69 Å². The molecule has 1 heterocycles. The molecule has 24 heavy (non-hydrogen) atoms. The van der Waals surface area contributed by atoms with Gasteiger partial charge in [-0.15, -0.1) is 11.3 Å². The van der Waals surface area contributed by atoms with Gasteiger partial charge in [0.2, 0.25) is 0 Å². The van der Waals surface area contributed by atoms with Crippen LogP contribution in [0.25, 0.3) is 0 Å². The summed E-state index contributed by atoms with van der Waals surface area (Å²) in [5.74, 6) is -1.18. The minimum atomic E-state index is -0.541. The lowest BCUT2D eigenvalue weighted by Crippen LogP contribution is -2.27. The molecule has 0 saturated heterocycles. The number of carbonyl (C=O) groups excluding carboxylic acids is 3. The zero-order valence-electron chi connectivity index (χ0n) is 13.2. The van der Waals surface area contributed by atoms with E-state index >= 15 is 0 Å². The number of benzene rings is 1. The van der Waals surface area contributed by atoms with Crippen LogP contribution in [-0.2, 0) is 14.3 Å². The van der Waals surface area contributed by atoms with Gasteiger partial charge in [0.05, 0.1) is 11.3 Å². The van der Waals surface area contributed by atoms with Gasteiger partial charge >= 0.3 is 5.97 Å². The van der Waals surface area contributed by atoms with Crippen molar-refractivity contribution in [2.24, 2.45) is 0 Å². The maximum Gasteiger partial charge on any atom is 0.308 e. The minimum absolute atomic E-state index is 0.00886. The fraction of sp³-hybridized carbons (Fsp3) is 0.235. The Morgan fingerprint density at radius 2 is 1.88 bits per heavy atom. The number of amides is 2. The van der Waals surface area contributed by atoms with Crippen LogP contribution >= 0.6 is 11.3 Å². The van der Waals surface area contributed by atoms with Crippen molar-refractivity contribution in [1.29, 1.82) is 0 Å². The van der Waals surface area contributed by atoms with E-state index in [1.54, 1.807) is 29.6 Å². The van der Waals surface area contributed by atoms with Gasteiger partial charge in [-0.25, -0.2) is 0 Å². The van der Waals surface area contributed by atoms with Crippen LogP contribution in [0.15, 0.2) is 41.8 Å². The van der Waals surface area contributed by atoms with Crippen molar-refractivity contribution in [1.82, 2.24) is 5.32 Å². The third kappa shape index (κ3) is 5.85. The first-order chi connectivity index (χ1) is 11.5. The first kappa shape index (κ1) is 17.7. The molecule has 2 rings (SSSR count). The molecule has 6 nitrogen and oxygen atoms in total. The van der Waals surface area contributed by atoms with Crippen LogP contribution in [0, 0.1) is 6.92 Å². The lowest BCUT2D eigenvalue weighted by molar-refractivity contribution is -0.147. The summed E-state index contributed by atoms with van der Waals surface area (Å²) in [6, 6.07) is 10.8. The molecule has 0 aliphatic rings. The summed E-state index contributed by atoms with van der Waals surface area (Å²) in [4.78, 5) is 35.5. The normalized spacial score (nSPS) is 10.0. The van der Waals surface area contributed by atoms with Gasteiger partial charge in [0.25, 0.3) is 11.8 Å². The Morgan fingerprint density at radius 1 is 1.12 bits per heavy atom. The van der Waals surface area contributed by atoms with Gasteiger partial charge in [-0.3, -0.25) is 14.4 Å². The predicted octanol–water partition coefficient (Wildman–Crippen LogP) is 2.36. The number of hydrogen-bond donors (Lipinski definition) is 2. The van der Waals surface area contributed by atoms with Crippen molar-refractivity contribution in [2.45, 2.75) is 13.3 Å². The molecule has 0 saturated carbocycles. The summed E-state index contributed by atoms with van der Waals surface area (Å²) in [6.07, 6.45) is 0.00886. The maximum atomic E-state index is 11.7. The average molecular weight is 346 g/mol. The van der Waals surface area contributed by atoms with Crippen molar-refractivity contribution in [2.75, 3.05) is 18.5 Å². The first-order valence-corrected chi connectivity index (χ1v) is 8.26. The Morgan fingerprint density at radius 3 is 2.54 bits per heavy atom. The van der Waals surface area contributed by atoms with Gasteiger partial charge in [-0.2, -0.15) is 0 Å². The van der Waals surface area contributed by atoms with Gasteiger partial charge in [0.1, 0.15) is 0 Å². The second-order valence-corrected chi connectivity index (χ2v) is 6.01. The summed E-state index contributed by atoms with van der Waals surface area (Å²) in [5, 5.41) is 7.05. The molecule has 0 aliphatic carbocycles. The van der Waals surface area contributed by atoms with Crippen molar-refractivity contribution in [3.05, 3.63) is 52.2 Å². The van der Waals surface area contributed by atoms with Crippen LogP contribution in [0.1, 0.15) is 21.7 Å². The third-order valence-corrected chi connectivity index (χ3v) is 3.93. The van der Waals surface area contributed by atoms with E-state index in [0.717, 1.165) is 5.56 Å². The molecule has 2 amide bonds. The van der Waals surface area contributed by atoms with Gasteiger partial charge in [-0.05, 0) is 30.5 Å². The van der Waals surface area contributed by atoms with Gasteiger partial charge in [0.15, 0.2) is 6.61 Å². The van der Waals surface area contributed by atoms with E-state index in [9.17, 15) is 14.4 Å². The monoisotopic (exact) mass is 346 g/mol.